The van der Waals surface area contributed by atoms with Crippen molar-refractivity contribution in [2.45, 2.75) is 12.8 Å². The van der Waals surface area contributed by atoms with Crippen LogP contribution in [0.15, 0.2) is 78.9 Å². The van der Waals surface area contributed by atoms with Crippen molar-refractivity contribution in [3.05, 3.63) is 84.4 Å². The number of anilines is 2. The summed E-state index contributed by atoms with van der Waals surface area (Å²) in [5, 5.41) is 2.91. The number of hydrogen-bond acceptors (Lipinski definition) is 4. The van der Waals surface area contributed by atoms with Crippen LogP contribution in [-0.2, 0) is 16.0 Å². The predicted molar refractivity (Wildman–Crippen MR) is 120 cm³/mol. The highest BCUT2D eigenvalue weighted by Gasteiger charge is 2.25. The van der Waals surface area contributed by atoms with Crippen molar-refractivity contribution in [3.63, 3.8) is 0 Å². The van der Waals surface area contributed by atoms with E-state index in [1.807, 2.05) is 60.7 Å². The molecule has 1 N–H and O–H groups in total. The van der Waals surface area contributed by atoms with Crippen LogP contribution in [0.3, 0.4) is 0 Å². The van der Waals surface area contributed by atoms with E-state index in [1.54, 1.807) is 23.1 Å². The minimum Gasteiger partial charge on any atom is -0.494 e. The quantitative estimate of drug-likeness (QED) is 0.563. The van der Waals surface area contributed by atoms with Crippen LogP contribution >= 0.6 is 0 Å². The Morgan fingerprint density at radius 3 is 2.52 bits per heavy atom. The van der Waals surface area contributed by atoms with Gasteiger partial charge in [0.1, 0.15) is 11.5 Å². The minimum absolute atomic E-state index is 0.00621. The molecule has 0 fully saturated rings. The molecule has 0 atom stereocenters. The maximum atomic E-state index is 12.5. The van der Waals surface area contributed by atoms with Crippen LogP contribution in [-0.4, -0.2) is 31.6 Å². The summed E-state index contributed by atoms with van der Waals surface area (Å²) in [6, 6.07) is 24.5. The second kappa shape index (κ2) is 9.80. The molecule has 0 unspecified atom stereocenters. The van der Waals surface area contributed by atoms with Gasteiger partial charge < -0.3 is 19.7 Å². The summed E-state index contributed by atoms with van der Waals surface area (Å²) in [7, 11) is 0. The van der Waals surface area contributed by atoms with Crippen LogP contribution < -0.4 is 19.7 Å². The Morgan fingerprint density at radius 1 is 1.00 bits per heavy atom. The van der Waals surface area contributed by atoms with Gasteiger partial charge in [0.05, 0.1) is 18.7 Å². The molecule has 6 heteroatoms. The molecule has 0 saturated heterocycles. The third kappa shape index (κ3) is 5.42. The van der Waals surface area contributed by atoms with Crippen LogP contribution in [0.2, 0.25) is 0 Å². The Kier molecular flexibility index (Phi) is 6.47. The third-order valence-corrected chi connectivity index (χ3v) is 4.93. The lowest BCUT2D eigenvalue weighted by Gasteiger charge is -2.30. The molecule has 158 valence electrons. The lowest BCUT2D eigenvalue weighted by molar-refractivity contribution is -0.121. The highest BCUT2D eigenvalue weighted by Crippen LogP contribution is 2.34. The molecule has 4 rings (SSSR count). The molecule has 0 radical (unpaired) electrons. The van der Waals surface area contributed by atoms with Crippen molar-refractivity contribution in [2.75, 3.05) is 30.0 Å². The number of carbonyl (C=O) groups is 2. The summed E-state index contributed by atoms with van der Waals surface area (Å²) in [6.07, 6.45) is 0.957. The molecule has 2 amide bonds. The van der Waals surface area contributed by atoms with Gasteiger partial charge in [0.2, 0.25) is 5.91 Å². The number of carbonyl (C=O) groups excluding carboxylic acids is 2. The van der Waals surface area contributed by atoms with Gasteiger partial charge in [-0.3, -0.25) is 9.59 Å². The first-order valence-electron chi connectivity index (χ1n) is 10.3. The molecular formula is C25H24N2O4. The Labute approximate surface area is 181 Å². The van der Waals surface area contributed by atoms with Crippen molar-refractivity contribution >= 4 is 23.2 Å². The van der Waals surface area contributed by atoms with E-state index in [1.165, 1.54) is 0 Å². The van der Waals surface area contributed by atoms with Gasteiger partial charge in [-0.25, -0.2) is 0 Å². The fourth-order valence-corrected chi connectivity index (χ4v) is 3.44. The van der Waals surface area contributed by atoms with Crippen LogP contribution in [0.4, 0.5) is 11.4 Å². The van der Waals surface area contributed by atoms with E-state index in [-0.39, 0.29) is 24.8 Å². The van der Waals surface area contributed by atoms with E-state index in [4.69, 9.17) is 9.47 Å². The number of nitrogens with one attached hydrogen (secondary N) is 1. The van der Waals surface area contributed by atoms with E-state index in [0.29, 0.717) is 36.7 Å². The van der Waals surface area contributed by atoms with E-state index in [9.17, 15) is 9.59 Å². The smallest absolute Gasteiger partial charge is 0.265 e. The lowest BCUT2D eigenvalue weighted by atomic mass is 10.1. The Morgan fingerprint density at radius 2 is 1.74 bits per heavy atom. The topological polar surface area (TPSA) is 67.9 Å². The van der Waals surface area contributed by atoms with Crippen molar-refractivity contribution in [3.8, 4) is 11.5 Å². The highest BCUT2D eigenvalue weighted by atomic mass is 16.5. The van der Waals surface area contributed by atoms with Gasteiger partial charge in [0.25, 0.3) is 5.91 Å². The fraction of sp³-hybridized carbons (Fsp3) is 0.200. The van der Waals surface area contributed by atoms with Crippen molar-refractivity contribution in [2.24, 2.45) is 0 Å². The van der Waals surface area contributed by atoms with Gasteiger partial charge in [0, 0.05) is 12.2 Å². The zero-order chi connectivity index (χ0) is 21.5. The molecule has 1 aliphatic heterocycles. The first-order chi connectivity index (χ1) is 15.2. The molecule has 1 aliphatic rings. The number of hydrogen-bond donors (Lipinski definition) is 1. The summed E-state index contributed by atoms with van der Waals surface area (Å²) >= 11 is 0. The van der Waals surface area contributed by atoms with Crippen LogP contribution in [0.1, 0.15) is 12.0 Å². The average molecular weight is 416 g/mol. The predicted octanol–water partition coefficient (Wildman–Crippen LogP) is 4.06. The normalized spacial score (nSPS) is 12.6. The summed E-state index contributed by atoms with van der Waals surface area (Å²) in [6.45, 7) is 1.01. The highest BCUT2D eigenvalue weighted by molar-refractivity contribution is 5.99. The molecule has 0 aromatic heterocycles. The monoisotopic (exact) mass is 416 g/mol. The molecule has 1 heterocycles. The fourth-order valence-electron chi connectivity index (χ4n) is 3.44. The molecular weight excluding hydrogens is 392 g/mol. The van der Waals surface area contributed by atoms with Crippen LogP contribution in [0.25, 0.3) is 0 Å². The van der Waals surface area contributed by atoms with Gasteiger partial charge in [-0.1, -0.05) is 48.5 Å². The molecule has 3 aromatic rings. The van der Waals surface area contributed by atoms with Crippen molar-refractivity contribution in [1.29, 1.82) is 0 Å². The van der Waals surface area contributed by atoms with Gasteiger partial charge in [-0.15, -0.1) is 0 Å². The number of amides is 2. The van der Waals surface area contributed by atoms with E-state index >= 15 is 0 Å². The number of para-hydroxylation sites is 1. The minimum atomic E-state index is -0.114. The zero-order valence-electron chi connectivity index (χ0n) is 17.1. The summed E-state index contributed by atoms with van der Waals surface area (Å²) < 4.78 is 11.3. The Hall–Kier alpha value is -3.80. The lowest BCUT2D eigenvalue weighted by Crippen LogP contribution is -2.39. The first-order valence-corrected chi connectivity index (χ1v) is 10.3. The second-order valence-corrected chi connectivity index (χ2v) is 7.24. The average Bonchev–Trinajstić information content (AvgIpc) is 2.79. The maximum absolute atomic E-state index is 12.5. The standard InChI is InChI=1S/C25H24N2O4/c28-24(16-19-8-3-1-4-9-19)26-20-12-13-23-22(17-20)27(25(29)18-31-23)14-7-15-30-21-10-5-2-6-11-21/h1-6,8-13,17H,7,14-16,18H2,(H,26,28). The SMILES string of the molecule is O=C(Cc1ccccc1)Nc1ccc2c(c1)N(CCCOc1ccccc1)C(=O)CO2. The van der Waals surface area contributed by atoms with Gasteiger partial charge in [-0.2, -0.15) is 0 Å². The number of nitrogens with zero attached hydrogens (tertiary/aromatic N) is 1. The van der Waals surface area contributed by atoms with Crippen LogP contribution in [0, 0.1) is 0 Å². The maximum Gasteiger partial charge on any atom is 0.265 e. The number of rotatable bonds is 8. The van der Waals surface area contributed by atoms with Crippen LogP contribution in [0.5, 0.6) is 11.5 Å². The molecule has 0 aliphatic carbocycles. The number of fused-ring (bicyclic) bond motifs is 1. The van der Waals surface area contributed by atoms with Gasteiger partial charge >= 0.3 is 0 Å². The summed E-state index contributed by atoms with van der Waals surface area (Å²) in [5.74, 6) is 1.21. The summed E-state index contributed by atoms with van der Waals surface area (Å²) in [5.41, 5.74) is 2.23. The van der Waals surface area contributed by atoms with Gasteiger partial charge in [-0.05, 0) is 42.3 Å². The Bertz CT molecular complexity index is 1040. The van der Waals surface area contributed by atoms with Crippen molar-refractivity contribution in [1.82, 2.24) is 0 Å². The molecule has 31 heavy (non-hydrogen) atoms. The number of ether oxygens (including phenoxy) is 2. The molecule has 0 bridgehead atoms. The molecule has 3 aromatic carbocycles. The second-order valence-electron chi connectivity index (χ2n) is 7.24. The number of benzene rings is 3. The molecule has 6 nitrogen and oxygen atoms in total. The van der Waals surface area contributed by atoms with E-state index in [0.717, 1.165) is 11.3 Å². The van der Waals surface area contributed by atoms with E-state index < -0.39 is 0 Å². The first kappa shape index (κ1) is 20.5. The third-order valence-electron chi connectivity index (χ3n) is 4.93. The van der Waals surface area contributed by atoms with Crippen molar-refractivity contribution < 1.29 is 19.1 Å². The Balaban J connectivity index is 1.39. The molecule has 0 spiro atoms. The summed E-state index contributed by atoms with van der Waals surface area (Å²) in [4.78, 5) is 26.6. The largest absolute Gasteiger partial charge is 0.494 e. The van der Waals surface area contributed by atoms with E-state index in [2.05, 4.69) is 5.32 Å². The zero-order valence-corrected chi connectivity index (χ0v) is 17.1. The van der Waals surface area contributed by atoms with Gasteiger partial charge in [0.15, 0.2) is 6.61 Å². The molecule has 0 saturated carbocycles.